The van der Waals surface area contributed by atoms with Crippen LogP contribution in [0.25, 0.3) is 0 Å². The monoisotopic (exact) mass is 167 g/mol. The zero-order valence-corrected chi connectivity index (χ0v) is 7.74. The molecule has 0 aliphatic rings. The van der Waals surface area contributed by atoms with Crippen LogP contribution in [0.4, 0.5) is 5.69 Å². The molecule has 66 valence electrons. The second kappa shape index (κ2) is 3.95. The van der Waals surface area contributed by atoms with Crippen molar-refractivity contribution in [1.29, 1.82) is 0 Å². The predicted molar refractivity (Wildman–Crippen MR) is 47.9 cm³/mol. The van der Waals surface area contributed by atoms with E-state index in [1.165, 1.54) is 0 Å². The lowest BCUT2D eigenvalue weighted by molar-refractivity contribution is -0.885. The SMILES string of the molecule is CO[n+]1ccc(NC(C)C)cc1. The van der Waals surface area contributed by atoms with Gasteiger partial charge in [-0.3, -0.25) is 4.84 Å². The molecule has 1 aromatic rings. The Morgan fingerprint density at radius 2 is 1.92 bits per heavy atom. The van der Waals surface area contributed by atoms with Crippen molar-refractivity contribution in [3.63, 3.8) is 0 Å². The van der Waals surface area contributed by atoms with Gasteiger partial charge in [0.15, 0.2) is 0 Å². The van der Waals surface area contributed by atoms with Crippen LogP contribution in [0.3, 0.4) is 0 Å². The van der Waals surface area contributed by atoms with Crippen LogP contribution in [0, 0.1) is 0 Å². The van der Waals surface area contributed by atoms with E-state index in [4.69, 9.17) is 4.84 Å². The fraction of sp³-hybridized carbons (Fsp3) is 0.444. The van der Waals surface area contributed by atoms with Gasteiger partial charge in [-0.05, 0) is 13.8 Å². The Kier molecular flexibility index (Phi) is 2.91. The highest BCUT2D eigenvalue weighted by Gasteiger charge is 1.99. The first-order valence-electron chi connectivity index (χ1n) is 4.04. The van der Waals surface area contributed by atoms with Crippen molar-refractivity contribution in [3.8, 4) is 0 Å². The highest BCUT2D eigenvalue weighted by Crippen LogP contribution is 2.03. The van der Waals surface area contributed by atoms with E-state index in [0.717, 1.165) is 5.69 Å². The van der Waals surface area contributed by atoms with E-state index in [0.29, 0.717) is 6.04 Å². The maximum Gasteiger partial charge on any atom is 0.224 e. The molecule has 0 aromatic carbocycles. The molecule has 1 aromatic heterocycles. The molecule has 0 saturated heterocycles. The van der Waals surface area contributed by atoms with Crippen LogP contribution in [-0.2, 0) is 0 Å². The third-order valence-electron chi connectivity index (χ3n) is 1.47. The number of aromatic nitrogens is 1. The van der Waals surface area contributed by atoms with E-state index in [2.05, 4.69) is 19.2 Å². The van der Waals surface area contributed by atoms with Crippen molar-refractivity contribution in [2.45, 2.75) is 19.9 Å². The number of rotatable bonds is 3. The Labute approximate surface area is 72.9 Å². The largest absolute Gasteiger partial charge is 0.383 e. The minimum Gasteiger partial charge on any atom is -0.383 e. The van der Waals surface area contributed by atoms with E-state index < -0.39 is 0 Å². The summed E-state index contributed by atoms with van der Waals surface area (Å²) in [5, 5.41) is 3.29. The van der Waals surface area contributed by atoms with Crippen LogP contribution in [-0.4, -0.2) is 13.2 Å². The molecule has 1 N–H and O–H groups in total. The fourth-order valence-electron chi connectivity index (χ4n) is 0.964. The molecular weight excluding hydrogens is 152 g/mol. The summed E-state index contributed by atoms with van der Waals surface area (Å²) in [6.07, 6.45) is 3.73. The maximum atomic E-state index is 4.96. The van der Waals surface area contributed by atoms with Crippen LogP contribution in [0.15, 0.2) is 24.5 Å². The Balaban J connectivity index is 2.65. The molecule has 0 amide bonds. The number of nitrogens with zero attached hydrogens (tertiary/aromatic N) is 1. The van der Waals surface area contributed by atoms with Crippen LogP contribution >= 0.6 is 0 Å². The van der Waals surface area contributed by atoms with Gasteiger partial charge in [-0.25, -0.2) is 0 Å². The van der Waals surface area contributed by atoms with Crippen LogP contribution in [0.5, 0.6) is 0 Å². The second-order valence-corrected chi connectivity index (χ2v) is 2.93. The van der Waals surface area contributed by atoms with Gasteiger partial charge in [-0.15, -0.1) is 0 Å². The van der Waals surface area contributed by atoms with E-state index in [9.17, 15) is 0 Å². The molecule has 0 spiro atoms. The first kappa shape index (κ1) is 8.84. The van der Waals surface area contributed by atoms with Gasteiger partial charge in [0.1, 0.15) is 7.11 Å². The Morgan fingerprint density at radius 1 is 1.33 bits per heavy atom. The lowest BCUT2D eigenvalue weighted by Gasteiger charge is -2.07. The number of pyridine rings is 1. The Bertz CT molecular complexity index is 231. The van der Waals surface area contributed by atoms with Gasteiger partial charge in [0, 0.05) is 28.6 Å². The van der Waals surface area contributed by atoms with Crippen LogP contribution in [0.2, 0.25) is 0 Å². The molecule has 0 aliphatic carbocycles. The topological polar surface area (TPSA) is 25.1 Å². The lowest BCUT2D eigenvalue weighted by Crippen LogP contribution is -2.39. The summed E-state index contributed by atoms with van der Waals surface area (Å²) in [4.78, 5) is 4.96. The molecule has 1 heterocycles. The standard InChI is InChI=1S/C9H14N2O/c1-8(2)10-9-4-6-11(12-3)7-5-9/h4-8H,1-3H3/p+1. The molecular formula is C9H15N2O+. The average molecular weight is 167 g/mol. The zero-order valence-electron chi connectivity index (χ0n) is 7.74. The van der Waals surface area contributed by atoms with Crippen LogP contribution in [0.1, 0.15) is 13.8 Å². The Morgan fingerprint density at radius 3 is 2.33 bits per heavy atom. The molecule has 0 saturated carbocycles. The summed E-state index contributed by atoms with van der Waals surface area (Å²) in [6, 6.07) is 4.41. The minimum absolute atomic E-state index is 0.461. The lowest BCUT2D eigenvalue weighted by atomic mass is 10.3. The third-order valence-corrected chi connectivity index (χ3v) is 1.47. The molecule has 0 aliphatic heterocycles. The van der Waals surface area contributed by atoms with Gasteiger partial charge in [-0.2, -0.15) is 0 Å². The predicted octanol–water partition coefficient (Wildman–Crippen LogP) is 0.853. The van der Waals surface area contributed by atoms with Crippen molar-refractivity contribution in [2.75, 3.05) is 12.4 Å². The third kappa shape index (κ3) is 2.42. The number of hydrogen-bond acceptors (Lipinski definition) is 2. The van der Waals surface area contributed by atoms with E-state index in [1.807, 2.05) is 24.5 Å². The van der Waals surface area contributed by atoms with Crippen molar-refractivity contribution in [2.24, 2.45) is 0 Å². The first-order valence-corrected chi connectivity index (χ1v) is 4.04. The maximum absolute atomic E-state index is 4.96. The second-order valence-electron chi connectivity index (χ2n) is 2.93. The summed E-state index contributed by atoms with van der Waals surface area (Å²) < 4.78 is 1.64. The highest BCUT2D eigenvalue weighted by molar-refractivity contribution is 5.40. The summed E-state index contributed by atoms with van der Waals surface area (Å²) in [6.45, 7) is 4.22. The molecule has 0 fully saturated rings. The summed E-state index contributed by atoms with van der Waals surface area (Å²) >= 11 is 0. The summed E-state index contributed by atoms with van der Waals surface area (Å²) in [5.74, 6) is 0. The number of nitrogens with one attached hydrogen (secondary N) is 1. The van der Waals surface area contributed by atoms with Gasteiger partial charge in [0.2, 0.25) is 12.4 Å². The van der Waals surface area contributed by atoms with Crippen LogP contribution < -0.4 is 14.9 Å². The normalized spacial score (nSPS) is 10.0. The van der Waals surface area contributed by atoms with E-state index in [1.54, 1.807) is 11.8 Å². The fourth-order valence-corrected chi connectivity index (χ4v) is 0.964. The molecule has 3 nitrogen and oxygen atoms in total. The van der Waals surface area contributed by atoms with Crippen molar-refractivity contribution in [1.82, 2.24) is 0 Å². The van der Waals surface area contributed by atoms with Crippen molar-refractivity contribution >= 4 is 5.69 Å². The van der Waals surface area contributed by atoms with Gasteiger partial charge in [0.25, 0.3) is 0 Å². The number of hydrogen-bond donors (Lipinski definition) is 1. The molecule has 0 bridgehead atoms. The van der Waals surface area contributed by atoms with Gasteiger partial charge in [0.05, 0.1) is 0 Å². The molecule has 12 heavy (non-hydrogen) atoms. The molecule has 0 unspecified atom stereocenters. The summed E-state index contributed by atoms with van der Waals surface area (Å²) in [7, 11) is 1.63. The molecule has 1 rings (SSSR count). The van der Waals surface area contributed by atoms with Crippen molar-refractivity contribution < 1.29 is 9.57 Å². The average Bonchev–Trinajstić information content (AvgIpc) is 2.05. The molecule has 3 heteroatoms. The highest BCUT2D eigenvalue weighted by atomic mass is 16.6. The van der Waals surface area contributed by atoms with Gasteiger partial charge < -0.3 is 5.32 Å². The summed E-state index contributed by atoms with van der Waals surface area (Å²) in [5.41, 5.74) is 1.11. The van der Waals surface area contributed by atoms with Crippen molar-refractivity contribution in [3.05, 3.63) is 24.5 Å². The Hall–Kier alpha value is -1.25. The van der Waals surface area contributed by atoms with Gasteiger partial charge in [-0.1, -0.05) is 0 Å². The molecule has 0 atom stereocenters. The smallest absolute Gasteiger partial charge is 0.224 e. The zero-order chi connectivity index (χ0) is 8.97. The van der Waals surface area contributed by atoms with E-state index >= 15 is 0 Å². The number of anilines is 1. The van der Waals surface area contributed by atoms with Gasteiger partial charge >= 0.3 is 0 Å². The quantitative estimate of drug-likeness (QED) is 0.675. The molecule has 0 radical (unpaired) electrons. The van der Waals surface area contributed by atoms with E-state index in [-0.39, 0.29) is 0 Å². The first-order chi connectivity index (χ1) is 5.72. The minimum atomic E-state index is 0.461.